The van der Waals surface area contributed by atoms with Crippen molar-refractivity contribution in [2.24, 2.45) is 0 Å². The summed E-state index contributed by atoms with van der Waals surface area (Å²) in [6.45, 7) is -0.704. The van der Waals surface area contributed by atoms with E-state index in [1.165, 1.54) is 11.5 Å². The van der Waals surface area contributed by atoms with Gasteiger partial charge in [-0.15, -0.1) is 11.3 Å². The maximum atomic E-state index is 13.2. The Balaban J connectivity index is 1.93. The minimum atomic E-state index is -4.10. The summed E-state index contributed by atoms with van der Waals surface area (Å²) in [5.41, 5.74) is 2.21. The quantitative estimate of drug-likeness (QED) is 0.490. The summed E-state index contributed by atoms with van der Waals surface area (Å²) in [6.07, 6.45) is 0.975. The van der Waals surface area contributed by atoms with E-state index in [1.54, 1.807) is 30.3 Å². The lowest BCUT2D eigenvalue weighted by molar-refractivity contribution is -0.134. The van der Waals surface area contributed by atoms with Gasteiger partial charge >= 0.3 is 0 Å². The zero-order valence-corrected chi connectivity index (χ0v) is 18.4. The van der Waals surface area contributed by atoms with Crippen molar-refractivity contribution in [3.8, 4) is 10.4 Å². The molecule has 0 aliphatic carbocycles. The monoisotopic (exact) mass is 479 g/mol. The topological polar surface area (TPSA) is 124 Å². The number of thiophene rings is 1. The lowest BCUT2D eigenvalue weighted by Crippen LogP contribution is -2.60. The summed E-state index contributed by atoms with van der Waals surface area (Å²) < 4.78 is 51.9. The summed E-state index contributed by atoms with van der Waals surface area (Å²) >= 11 is 6.90. The molecule has 1 saturated heterocycles. The molecule has 13 heteroatoms. The van der Waals surface area contributed by atoms with Gasteiger partial charge in [-0.2, -0.15) is 8.61 Å². The van der Waals surface area contributed by atoms with Crippen LogP contribution in [0.1, 0.15) is 0 Å². The maximum absolute atomic E-state index is 13.2. The number of halogens is 1. The molecular formula is C16H18ClN3O6S3. The largest absolute Gasteiger partial charge is 0.289 e. The zero-order valence-electron chi connectivity index (χ0n) is 15.1. The normalized spacial score (nSPS) is 19.2. The number of hydrogen-bond donors (Lipinski definition) is 2. The minimum absolute atomic E-state index is 0.00555. The molecular weight excluding hydrogens is 462 g/mol. The van der Waals surface area contributed by atoms with Gasteiger partial charge in [0, 0.05) is 29.5 Å². The fourth-order valence-corrected chi connectivity index (χ4v) is 6.92. The number of piperazine rings is 1. The van der Waals surface area contributed by atoms with Gasteiger partial charge in [0.1, 0.15) is 10.3 Å². The number of amides is 1. The predicted octanol–water partition coefficient (Wildman–Crippen LogP) is 1.21. The van der Waals surface area contributed by atoms with Gasteiger partial charge in [0.2, 0.25) is 10.0 Å². The van der Waals surface area contributed by atoms with Gasteiger partial charge in [0.15, 0.2) is 0 Å². The van der Waals surface area contributed by atoms with Gasteiger partial charge in [-0.25, -0.2) is 22.3 Å². The van der Waals surface area contributed by atoms with Crippen molar-refractivity contribution in [1.29, 1.82) is 0 Å². The van der Waals surface area contributed by atoms with E-state index < -0.39 is 32.0 Å². The molecule has 2 N–H and O–H groups in total. The molecule has 1 aliphatic heterocycles. The van der Waals surface area contributed by atoms with E-state index in [0.29, 0.717) is 9.90 Å². The second kappa shape index (κ2) is 8.30. The third-order valence-electron chi connectivity index (χ3n) is 4.45. The van der Waals surface area contributed by atoms with Crippen LogP contribution in [0.3, 0.4) is 0 Å². The van der Waals surface area contributed by atoms with Crippen LogP contribution in [0.2, 0.25) is 5.02 Å². The summed E-state index contributed by atoms with van der Waals surface area (Å²) in [4.78, 5) is 12.8. The second-order valence-electron chi connectivity index (χ2n) is 6.35. The van der Waals surface area contributed by atoms with Crippen LogP contribution in [-0.4, -0.2) is 68.5 Å². The van der Waals surface area contributed by atoms with Crippen LogP contribution in [0.25, 0.3) is 10.4 Å². The molecule has 1 aromatic heterocycles. The summed E-state index contributed by atoms with van der Waals surface area (Å²) in [5.74, 6) is -1.00. The number of hydroxylamine groups is 1. The number of nitrogens with one attached hydrogen (secondary N) is 1. The van der Waals surface area contributed by atoms with E-state index in [9.17, 15) is 21.6 Å². The van der Waals surface area contributed by atoms with E-state index >= 15 is 0 Å². The van der Waals surface area contributed by atoms with E-state index in [0.717, 1.165) is 31.8 Å². The van der Waals surface area contributed by atoms with Gasteiger partial charge in [-0.1, -0.05) is 23.7 Å². The standard InChI is InChI=1S/C16H18ClN3O6S3/c1-28(23,24)19-8-9-20(13(10-19)16(21)18-22)29(25,26)15-7-6-14(27-15)11-2-4-12(17)5-3-11/h2-7,13,22H,8-10H2,1H3,(H,18,21)/t13-/m1/s1. The first-order valence-electron chi connectivity index (χ1n) is 8.31. The SMILES string of the molecule is CS(=O)(=O)N1CCN(S(=O)(=O)c2ccc(-c3ccc(Cl)cc3)s2)[C@@H](C(=O)NO)C1. The van der Waals surface area contributed by atoms with Gasteiger partial charge < -0.3 is 0 Å². The molecule has 1 aliphatic rings. The molecule has 0 bridgehead atoms. The van der Waals surface area contributed by atoms with Crippen LogP contribution in [0.15, 0.2) is 40.6 Å². The molecule has 0 spiro atoms. The smallest absolute Gasteiger partial charge is 0.263 e. The molecule has 1 amide bonds. The van der Waals surface area contributed by atoms with Crippen molar-refractivity contribution >= 4 is 48.9 Å². The van der Waals surface area contributed by atoms with Crippen molar-refractivity contribution in [2.45, 2.75) is 10.3 Å². The molecule has 2 heterocycles. The number of benzene rings is 1. The van der Waals surface area contributed by atoms with Crippen molar-refractivity contribution in [3.05, 3.63) is 41.4 Å². The van der Waals surface area contributed by atoms with Crippen molar-refractivity contribution in [1.82, 2.24) is 14.1 Å². The average Bonchev–Trinajstić information content (AvgIpc) is 3.18. The molecule has 0 radical (unpaired) electrons. The molecule has 1 fully saturated rings. The molecule has 3 rings (SSSR count). The minimum Gasteiger partial charge on any atom is -0.289 e. The Labute approximate surface area is 177 Å². The second-order valence-corrected chi connectivity index (χ2v) is 12.0. The molecule has 158 valence electrons. The van der Waals surface area contributed by atoms with Crippen molar-refractivity contribution in [3.63, 3.8) is 0 Å². The Hall–Kier alpha value is -1.54. The van der Waals surface area contributed by atoms with E-state index in [2.05, 4.69) is 0 Å². The number of hydrogen-bond acceptors (Lipinski definition) is 7. The van der Waals surface area contributed by atoms with E-state index in [-0.39, 0.29) is 23.8 Å². The average molecular weight is 480 g/mol. The van der Waals surface area contributed by atoms with Crippen LogP contribution in [0.5, 0.6) is 0 Å². The van der Waals surface area contributed by atoms with E-state index in [1.807, 2.05) is 0 Å². The Morgan fingerprint density at radius 1 is 1.14 bits per heavy atom. The lowest BCUT2D eigenvalue weighted by atomic mass is 10.2. The first-order valence-corrected chi connectivity index (χ1v) is 12.8. The highest BCUT2D eigenvalue weighted by Crippen LogP contribution is 2.34. The van der Waals surface area contributed by atoms with Crippen LogP contribution >= 0.6 is 22.9 Å². The Bertz CT molecular complexity index is 1120. The molecule has 29 heavy (non-hydrogen) atoms. The summed E-state index contributed by atoms with van der Waals surface area (Å²) in [6, 6.07) is 8.59. The predicted molar refractivity (Wildman–Crippen MR) is 109 cm³/mol. The highest BCUT2D eigenvalue weighted by Gasteiger charge is 2.42. The third-order valence-corrected chi connectivity index (χ3v) is 9.48. The highest BCUT2D eigenvalue weighted by atomic mass is 35.5. The van der Waals surface area contributed by atoms with Crippen LogP contribution in [0, 0.1) is 0 Å². The lowest BCUT2D eigenvalue weighted by Gasteiger charge is -2.37. The Morgan fingerprint density at radius 2 is 1.79 bits per heavy atom. The number of carbonyl (C=O) groups is 1. The third kappa shape index (κ3) is 4.63. The molecule has 2 aromatic rings. The Morgan fingerprint density at radius 3 is 2.38 bits per heavy atom. The van der Waals surface area contributed by atoms with Crippen molar-refractivity contribution < 1.29 is 26.8 Å². The zero-order chi connectivity index (χ0) is 21.4. The van der Waals surface area contributed by atoms with Crippen LogP contribution in [0.4, 0.5) is 0 Å². The highest BCUT2D eigenvalue weighted by molar-refractivity contribution is 7.91. The summed E-state index contributed by atoms with van der Waals surface area (Å²) in [5, 5.41) is 9.56. The Kier molecular flexibility index (Phi) is 6.34. The molecule has 9 nitrogen and oxygen atoms in total. The van der Waals surface area contributed by atoms with Gasteiger partial charge in [0.05, 0.1) is 6.26 Å². The fourth-order valence-electron chi connectivity index (χ4n) is 2.96. The molecule has 0 unspecified atom stereocenters. The van der Waals surface area contributed by atoms with Crippen LogP contribution in [-0.2, 0) is 24.8 Å². The molecule has 1 atom stereocenters. The number of nitrogens with zero attached hydrogens (tertiary/aromatic N) is 2. The maximum Gasteiger partial charge on any atom is 0.263 e. The summed E-state index contributed by atoms with van der Waals surface area (Å²) in [7, 11) is -7.73. The number of rotatable bonds is 5. The number of carbonyl (C=O) groups excluding carboxylic acids is 1. The molecule has 1 aromatic carbocycles. The first kappa shape index (κ1) is 22.2. The van der Waals surface area contributed by atoms with E-state index in [4.69, 9.17) is 16.8 Å². The fraction of sp³-hybridized carbons (Fsp3) is 0.312. The molecule has 0 saturated carbocycles. The van der Waals surface area contributed by atoms with Gasteiger partial charge in [-0.05, 0) is 29.8 Å². The van der Waals surface area contributed by atoms with Gasteiger partial charge in [0.25, 0.3) is 15.9 Å². The van der Waals surface area contributed by atoms with Crippen LogP contribution < -0.4 is 5.48 Å². The first-order chi connectivity index (χ1) is 13.5. The van der Waals surface area contributed by atoms with Gasteiger partial charge in [-0.3, -0.25) is 10.0 Å². The van der Waals surface area contributed by atoms with Crippen molar-refractivity contribution in [2.75, 3.05) is 25.9 Å². The number of sulfonamides is 2.